The summed E-state index contributed by atoms with van der Waals surface area (Å²) in [6, 6.07) is 0. The zero-order valence-corrected chi connectivity index (χ0v) is 7.95. The van der Waals surface area contributed by atoms with Crippen LogP contribution in [0.4, 0.5) is 0 Å². The molecule has 1 rings (SSSR count). The summed E-state index contributed by atoms with van der Waals surface area (Å²) in [7, 11) is 1.65. The zero-order valence-electron chi connectivity index (χ0n) is 6.37. The molecule has 0 saturated heterocycles. The van der Waals surface area contributed by atoms with Gasteiger partial charge in [-0.1, -0.05) is 11.3 Å². The van der Waals surface area contributed by atoms with Crippen molar-refractivity contribution < 1.29 is 4.74 Å². The highest BCUT2D eigenvalue weighted by Crippen LogP contribution is 2.20. The number of rotatable bonds is 3. The molecule has 1 aromatic heterocycles. The second kappa shape index (κ2) is 3.99. The highest BCUT2D eigenvalue weighted by atomic mass is 35.5. The van der Waals surface area contributed by atoms with Gasteiger partial charge in [0.15, 0.2) is 0 Å². The number of ether oxygens (including phenoxy) is 1. The molecule has 0 aliphatic heterocycles. The fourth-order valence-corrected chi connectivity index (χ4v) is 1.52. The highest BCUT2D eigenvalue weighted by Gasteiger charge is 2.09. The van der Waals surface area contributed by atoms with Crippen LogP contribution in [0.25, 0.3) is 0 Å². The van der Waals surface area contributed by atoms with E-state index in [1.54, 1.807) is 7.11 Å². The predicted molar refractivity (Wildman–Crippen MR) is 44.9 cm³/mol. The van der Waals surface area contributed by atoms with Gasteiger partial charge >= 0.3 is 0 Å². The van der Waals surface area contributed by atoms with Crippen molar-refractivity contribution in [2.24, 2.45) is 0 Å². The molecule has 1 unspecified atom stereocenters. The van der Waals surface area contributed by atoms with Crippen LogP contribution in [0.15, 0.2) is 0 Å². The number of halogens is 1. The van der Waals surface area contributed by atoms with Crippen molar-refractivity contribution in [3.05, 3.63) is 10.0 Å². The van der Waals surface area contributed by atoms with Gasteiger partial charge in [0.05, 0.1) is 5.88 Å². The molecule has 0 fully saturated rings. The first kappa shape index (κ1) is 8.90. The lowest BCUT2D eigenvalue weighted by Crippen LogP contribution is -1.93. The van der Waals surface area contributed by atoms with Crippen LogP contribution in [0.2, 0.25) is 0 Å². The molecule has 0 amide bonds. The SMILES string of the molecule is COC(C)c1nnc(CCl)s1. The summed E-state index contributed by atoms with van der Waals surface area (Å²) < 4.78 is 5.06. The third kappa shape index (κ3) is 2.12. The molecule has 1 aromatic rings. The van der Waals surface area contributed by atoms with E-state index in [4.69, 9.17) is 16.3 Å². The molecule has 3 nitrogen and oxygen atoms in total. The first-order chi connectivity index (χ1) is 5.27. The minimum Gasteiger partial charge on any atom is -0.374 e. The number of alkyl halides is 1. The molecule has 0 aliphatic carbocycles. The van der Waals surface area contributed by atoms with Crippen molar-refractivity contribution in [3.63, 3.8) is 0 Å². The Labute approximate surface area is 74.4 Å². The van der Waals surface area contributed by atoms with Gasteiger partial charge in [-0.05, 0) is 6.92 Å². The van der Waals surface area contributed by atoms with Gasteiger partial charge in [-0.25, -0.2) is 0 Å². The lowest BCUT2D eigenvalue weighted by molar-refractivity contribution is 0.118. The van der Waals surface area contributed by atoms with Crippen LogP contribution in [0, 0.1) is 0 Å². The molecular formula is C6H9ClN2OS. The Morgan fingerprint density at radius 2 is 2.36 bits per heavy atom. The van der Waals surface area contributed by atoms with E-state index in [0.717, 1.165) is 10.0 Å². The summed E-state index contributed by atoms with van der Waals surface area (Å²) in [6.07, 6.45) is 0.0180. The number of hydrogen-bond donors (Lipinski definition) is 0. The van der Waals surface area contributed by atoms with Crippen LogP contribution in [0.5, 0.6) is 0 Å². The molecule has 5 heteroatoms. The standard InChI is InChI=1S/C6H9ClN2OS/c1-4(10-2)6-9-8-5(3-7)11-6/h4H,3H2,1-2H3. The van der Waals surface area contributed by atoms with E-state index in [2.05, 4.69) is 10.2 Å². The van der Waals surface area contributed by atoms with Gasteiger partial charge in [-0.2, -0.15) is 0 Å². The third-order valence-corrected chi connectivity index (χ3v) is 2.79. The van der Waals surface area contributed by atoms with E-state index in [9.17, 15) is 0 Å². The molecule has 62 valence electrons. The second-order valence-corrected chi connectivity index (χ2v) is 3.41. The molecule has 0 saturated carbocycles. The topological polar surface area (TPSA) is 35.0 Å². The minimum absolute atomic E-state index is 0.0180. The van der Waals surface area contributed by atoms with Crippen LogP contribution in [0.3, 0.4) is 0 Å². The van der Waals surface area contributed by atoms with Crippen LogP contribution < -0.4 is 0 Å². The summed E-state index contributed by atoms with van der Waals surface area (Å²) in [5.74, 6) is 0.425. The summed E-state index contributed by atoms with van der Waals surface area (Å²) in [5.41, 5.74) is 0. The number of aromatic nitrogens is 2. The van der Waals surface area contributed by atoms with Crippen molar-refractivity contribution in [2.75, 3.05) is 7.11 Å². The Kier molecular flexibility index (Phi) is 3.23. The average molecular weight is 193 g/mol. The van der Waals surface area contributed by atoms with E-state index < -0.39 is 0 Å². The van der Waals surface area contributed by atoms with E-state index in [1.807, 2.05) is 6.92 Å². The smallest absolute Gasteiger partial charge is 0.146 e. The molecule has 11 heavy (non-hydrogen) atoms. The van der Waals surface area contributed by atoms with Gasteiger partial charge in [-0.15, -0.1) is 21.8 Å². The van der Waals surface area contributed by atoms with Gasteiger partial charge in [0, 0.05) is 7.11 Å². The molecule has 1 atom stereocenters. The summed E-state index contributed by atoms with van der Waals surface area (Å²) in [5, 5.41) is 9.49. The third-order valence-electron chi connectivity index (χ3n) is 1.30. The van der Waals surface area contributed by atoms with E-state index in [1.165, 1.54) is 11.3 Å². The minimum atomic E-state index is 0.0180. The van der Waals surface area contributed by atoms with Gasteiger partial charge in [0.2, 0.25) is 0 Å². The molecule has 0 aliphatic rings. The van der Waals surface area contributed by atoms with Crippen molar-refractivity contribution in [3.8, 4) is 0 Å². The number of hydrogen-bond acceptors (Lipinski definition) is 4. The number of nitrogens with zero attached hydrogens (tertiary/aromatic N) is 2. The zero-order chi connectivity index (χ0) is 8.27. The van der Waals surface area contributed by atoms with Crippen LogP contribution in [-0.4, -0.2) is 17.3 Å². The van der Waals surface area contributed by atoms with Crippen LogP contribution in [-0.2, 0) is 10.6 Å². The second-order valence-electron chi connectivity index (χ2n) is 2.05. The Morgan fingerprint density at radius 3 is 2.82 bits per heavy atom. The quantitative estimate of drug-likeness (QED) is 0.687. The Bertz CT molecular complexity index is 228. The first-order valence-corrected chi connectivity index (χ1v) is 4.54. The molecule has 0 N–H and O–H groups in total. The van der Waals surface area contributed by atoms with Crippen molar-refractivity contribution >= 4 is 22.9 Å². The molecule has 0 aromatic carbocycles. The van der Waals surface area contributed by atoms with Gasteiger partial charge in [-0.3, -0.25) is 0 Å². The fraction of sp³-hybridized carbons (Fsp3) is 0.667. The van der Waals surface area contributed by atoms with Gasteiger partial charge in [0.25, 0.3) is 0 Å². The normalized spacial score (nSPS) is 13.4. The van der Waals surface area contributed by atoms with Crippen LogP contribution >= 0.6 is 22.9 Å². The van der Waals surface area contributed by atoms with Gasteiger partial charge < -0.3 is 4.74 Å². The van der Waals surface area contributed by atoms with Crippen LogP contribution in [0.1, 0.15) is 23.0 Å². The Hall–Kier alpha value is -0.190. The largest absolute Gasteiger partial charge is 0.374 e. The summed E-state index contributed by atoms with van der Waals surface area (Å²) in [6.45, 7) is 1.93. The molecular weight excluding hydrogens is 184 g/mol. The number of methoxy groups -OCH3 is 1. The fourth-order valence-electron chi connectivity index (χ4n) is 0.586. The van der Waals surface area contributed by atoms with E-state index >= 15 is 0 Å². The highest BCUT2D eigenvalue weighted by molar-refractivity contribution is 7.11. The van der Waals surface area contributed by atoms with Crippen molar-refractivity contribution in [1.82, 2.24) is 10.2 Å². The molecule has 0 spiro atoms. The predicted octanol–water partition coefficient (Wildman–Crippen LogP) is 1.98. The molecule has 0 radical (unpaired) electrons. The van der Waals surface area contributed by atoms with Crippen molar-refractivity contribution in [1.29, 1.82) is 0 Å². The maximum atomic E-state index is 5.56. The first-order valence-electron chi connectivity index (χ1n) is 3.19. The van der Waals surface area contributed by atoms with Crippen molar-refractivity contribution in [2.45, 2.75) is 18.9 Å². The maximum absolute atomic E-state index is 5.56. The summed E-state index contributed by atoms with van der Waals surface area (Å²) >= 11 is 7.04. The van der Waals surface area contributed by atoms with E-state index in [0.29, 0.717) is 5.88 Å². The summed E-state index contributed by atoms with van der Waals surface area (Å²) in [4.78, 5) is 0. The maximum Gasteiger partial charge on any atom is 0.146 e. The monoisotopic (exact) mass is 192 g/mol. The molecule has 1 heterocycles. The average Bonchev–Trinajstić information content (AvgIpc) is 2.50. The Balaban J connectivity index is 2.71. The lowest BCUT2D eigenvalue weighted by Gasteiger charge is -2.01. The van der Waals surface area contributed by atoms with Gasteiger partial charge in [0.1, 0.15) is 16.1 Å². The molecule has 0 bridgehead atoms. The van der Waals surface area contributed by atoms with E-state index in [-0.39, 0.29) is 6.10 Å². The Morgan fingerprint density at radius 1 is 1.64 bits per heavy atom. The lowest BCUT2D eigenvalue weighted by atomic mass is 10.4.